The molecule has 6 aliphatic rings. The highest BCUT2D eigenvalue weighted by molar-refractivity contribution is 5.80. The van der Waals surface area contributed by atoms with Crippen LogP contribution in [0.2, 0.25) is 0 Å². The van der Waals surface area contributed by atoms with Gasteiger partial charge in [0.25, 0.3) is 0 Å². The first-order chi connectivity index (χ1) is 15.1. The van der Waals surface area contributed by atoms with Crippen molar-refractivity contribution in [3.63, 3.8) is 0 Å². The summed E-state index contributed by atoms with van der Waals surface area (Å²) >= 11 is 0. The van der Waals surface area contributed by atoms with Crippen LogP contribution in [0.5, 0.6) is 0 Å². The highest BCUT2D eigenvalue weighted by Gasteiger charge is 2.33. The molecule has 4 saturated carbocycles. The zero-order chi connectivity index (χ0) is 21.6. The van der Waals surface area contributed by atoms with Crippen LogP contribution in [0.3, 0.4) is 0 Å². The zero-order valence-corrected chi connectivity index (χ0v) is 19.2. The van der Waals surface area contributed by atoms with E-state index < -0.39 is 0 Å². The van der Waals surface area contributed by atoms with Crippen LogP contribution < -0.4 is 10.6 Å². The van der Waals surface area contributed by atoms with Crippen molar-refractivity contribution in [2.24, 2.45) is 29.6 Å². The summed E-state index contributed by atoms with van der Waals surface area (Å²) in [7, 11) is 0. The van der Waals surface area contributed by atoms with Gasteiger partial charge >= 0.3 is 0 Å². The van der Waals surface area contributed by atoms with E-state index in [2.05, 4.69) is 10.6 Å². The molecule has 0 aromatic heterocycles. The summed E-state index contributed by atoms with van der Waals surface area (Å²) in [6, 6.07) is 0.543. The van der Waals surface area contributed by atoms with Gasteiger partial charge in [0, 0.05) is 44.6 Å². The average molecular weight is 431 g/mol. The second-order valence-electron chi connectivity index (χ2n) is 10.9. The van der Waals surface area contributed by atoms with Crippen molar-refractivity contribution in [1.29, 1.82) is 0 Å². The quantitative estimate of drug-likeness (QED) is 0.611. The molecule has 0 bridgehead atoms. The molecule has 4 aliphatic carbocycles. The Kier molecular flexibility index (Phi) is 8.33. The van der Waals surface area contributed by atoms with E-state index in [1.807, 2.05) is 0 Å². The number of rotatable bonds is 0. The van der Waals surface area contributed by atoms with E-state index in [1.54, 1.807) is 0 Å². The molecular formula is C26H42N2O3. The SMILES string of the molecule is O=C1CCC2CCCC2C1.O=C1CCC2CCNC2C1.O=C1CCC2CNCCC2C1. The van der Waals surface area contributed by atoms with E-state index in [9.17, 15) is 14.4 Å². The number of fused-ring (bicyclic) bond motifs is 3. The zero-order valence-electron chi connectivity index (χ0n) is 19.2. The molecule has 2 aliphatic heterocycles. The number of ketones is 3. The summed E-state index contributed by atoms with van der Waals surface area (Å²) < 4.78 is 0. The standard InChI is InChI=1S/C9H15NO.C9H14O.C8H13NO/c11-9-2-1-8-6-10-4-3-7(8)5-9;10-9-5-4-7-2-1-3-8(7)6-9;10-7-2-1-6-3-4-9-8(6)5-7/h7-8,10H,1-6H2;7-8H,1-6H2;6,8-9H,1-5H2. The first-order valence-electron chi connectivity index (χ1n) is 13.1. The first kappa shape index (κ1) is 23.1. The Balaban J connectivity index is 0.000000112. The Bertz CT molecular complexity index is 613. The monoisotopic (exact) mass is 430 g/mol. The highest BCUT2D eigenvalue weighted by atomic mass is 16.1. The maximum absolute atomic E-state index is 11.1. The van der Waals surface area contributed by atoms with Crippen molar-refractivity contribution >= 4 is 17.3 Å². The minimum atomic E-state index is 0.454. The predicted octanol–water partition coefficient (Wildman–Crippen LogP) is 3.84. The summed E-state index contributed by atoms with van der Waals surface area (Å²) in [5.74, 6) is 5.53. The van der Waals surface area contributed by atoms with Gasteiger partial charge in [-0.2, -0.15) is 0 Å². The molecule has 5 heteroatoms. The van der Waals surface area contributed by atoms with Crippen molar-refractivity contribution < 1.29 is 14.4 Å². The molecule has 0 spiro atoms. The van der Waals surface area contributed by atoms with Gasteiger partial charge in [0.2, 0.25) is 0 Å². The number of nitrogens with one attached hydrogen (secondary N) is 2. The first-order valence-corrected chi connectivity index (χ1v) is 13.1. The summed E-state index contributed by atoms with van der Waals surface area (Å²) in [6.45, 7) is 3.40. The largest absolute Gasteiger partial charge is 0.316 e. The Morgan fingerprint density at radius 2 is 1.13 bits per heavy atom. The topological polar surface area (TPSA) is 75.3 Å². The lowest BCUT2D eigenvalue weighted by Gasteiger charge is -2.35. The van der Waals surface area contributed by atoms with Crippen molar-refractivity contribution in [1.82, 2.24) is 10.6 Å². The Morgan fingerprint density at radius 3 is 1.90 bits per heavy atom. The van der Waals surface area contributed by atoms with Crippen LogP contribution in [0.1, 0.15) is 89.9 Å². The molecule has 2 heterocycles. The fourth-order valence-corrected chi connectivity index (χ4v) is 6.93. The maximum atomic E-state index is 11.1. The van der Waals surface area contributed by atoms with E-state index in [4.69, 9.17) is 0 Å². The highest BCUT2D eigenvalue weighted by Crippen LogP contribution is 2.40. The van der Waals surface area contributed by atoms with Crippen LogP contribution in [0.15, 0.2) is 0 Å². The van der Waals surface area contributed by atoms with E-state index in [0.717, 1.165) is 101 Å². The number of hydrogen-bond acceptors (Lipinski definition) is 5. The van der Waals surface area contributed by atoms with E-state index >= 15 is 0 Å². The second kappa shape index (κ2) is 11.2. The number of carbonyl (C=O) groups is 3. The van der Waals surface area contributed by atoms with E-state index in [0.29, 0.717) is 23.4 Å². The number of hydrogen-bond donors (Lipinski definition) is 2. The molecule has 0 amide bonds. The minimum Gasteiger partial charge on any atom is -0.316 e. The van der Waals surface area contributed by atoms with Gasteiger partial charge in [-0.1, -0.05) is 12.8 Å². The molecule has 174 valence electrons. The fraction of sp³-hybridized carbons (Fsp3) is 0.885. The molecule has 0 aromatic carbocycles. The molecule has 6 unspecified atom stereocenters. The Hall–Kier alpha value is -1.07. The van der Waals surface area contributed by atoms with Crippen LogP contribution in [0.4, 0.5) is 0 Å². The molecule has 31 heavy (non-hydrogen) atoms. The fourth-order valence-electron chi connectivity index (χ4n) is 6.93. The van der Waals surface area contributed by atoms with Crippen molar-refractivity contribution in [2.75, 3.05) is 19.6 Å². The molecule has 2 saturated heterocycles. The van der Waals surface area contributed by atoms with Crippen LogP contribution in [-0.2, 0) is 14.4 Å². The van der Waals surface area contributed by atoms with Crippen LogP contribution in [-0.4, -0.2) is 43.0 Å². The second-order valence-corrected chi connectivity index (χ2v) is 10.9. The Labute approximate surface area is 187 Å². The number of piperidine rings is 1. The van der Waals surface area contributed by atoms with E-state index in [-0.39, 0.29) is 0 Å². The predicted molar refractivity (Wildman–Crippen MR) is 122 cm³/mol. The van der Waals surface area contributed by atoms with Crippen LogP contribution >= 0.6 is 0 Å². The molecule has 0 aromatic rings. The molecule has 0 radical (unpaired) electrons. The van der Waals surface area contributed by atoms with Crippen molar-refractivity contribution in [3.05, 3.63) is 0 Å². The third-order valence-corrected chi connectivity index (χ3v) is 8.88. The van der Waals surface area contributed by atoms with Gasteiger partial charge in [-0.05, 0) is 87.7 Å². The lowest BCUT2D eigenvalue weighted by atomic mass is 9.75. The van der Waals surface area contributed by atoms with Gasteiger partial charge < -0.3 is 10.6 Å². The number of Topliss-reactive ketones (excluding diaryl/α,β-unsaturated/α-hetero) is 3. The number of carbonyl (C=O) groups excluding carboxylic acids is 3. The van der Waals surface area contributed by atoms with Gasteiger partial charge in [0.05, 0.1) is 0 Å². The van der Waals surface area contributed by atoms with Gasteiger partial charge in [0.15, 0.2) is 0 Å². The Morgan fingerprint density at radius 1 is 0.548 bits per heavy atom. The smallest absolute Gasteiger partial charge is 0.134 e. The lowest BCUT2D eigenvalue weighted by Crippen LogP contribution is -2.40. The third kappa shape index (κ3) is 6.47. The molecule has 5 nitrogen and oxygen atoms in total. The van der Waals surface area contributed by atoms with Crippen LogP contribution in [0, 0.1) is 29.6 Å². The lowest BCUT2D eigenvalue weighted by molar-refractivity contribution is -0.123. The molecule has 6 fully saturated rings. The van der Waals surface area contributed by atoms with Crippen LogP contribution in [0.25, 0.3) is 0 Å². The van der Waals surface area contributed by atoms with E-state index in [1.165, 1.54) is 38.5 Å². The minimum absolute atomic E-state index is 0.454. The molecule has 6 atom stereocenters. The third-order valence-electron chi connectivity index (χ3n) is 8.88. The normalized spacial score (nSPS) is 39.3. The maximum Gasteiger partial charge on any atom is 0.134 e. The summed E-state index contributed by atoms with van der Waals surface area (Å²) in [6.07, 6.45) is 15.2. The molecule has 2 N–H and O–H groups in total. The summed E-state index contributed by atoms with van der Waals surface area (Å²) in [5, 5.41) is 6.76. The molecular weight excluding hydrogens is 388 g/mol. The van der Waals surface area contributed by atoms with Crippen molar-refractivity contribution in [2.45, 2.75) is 95.9 Å². The van der Waals surface area contributed by atoms with Gasteiger partial charge in [-0.3, -0.25) is 14.4 Å². The average Bonchev–Trinajstić information content (AvgIpc) is 3.43. The van der Waals surface area contributed by atoms with Crippen molar-refractivity contribution in [3.8, 4) is 0 Å². The van der Waals surface area contributed by atoms with Gasteiger partial charge in [-0.15, -0.1) is 0 Å². The van der Waals surface area contributed by atoms with Gasteiger partial charge in [-0.25, -0.2) is 0 Å². The summed E-state index contributed by atoms with van der Waals surface area (Å²) in [4.78, 5) is 33.1. The summed E-state index contributed by atoms with van der Waals surface area (Å²) in [5.41, 5.74) is 0. The molecule has 6 rings (SSSR count). The van der Waals surface area contributed by atoms with Gasteiger partial charge in [0.1, 0.15) is 17.3 Å².